The molecule has 6 rings (SSSR count). The monoisotopic (exact) mass is 451 g/mol. The van der Waals surface area contributed by atoms with E-state index < -0.39 is 0 Å². The third-order valence-corrected chi connectivity index (χ3v) is 6.14. The van der Waals surface area contributed by atoms with Gasteiger partial charge in [-0.15, -0.1) is 11.3 Å². The van der Waals surface area contributed by atoms with E-state index in [0.29, 0.717) is 55.1 Å². The molecule has 0 saturated carbocycles. The summed E-state index contributed by atoms with van der Waals surface area (Å²) in [6.45, 7) is 2.16. The molecule has 3 aromatic heterocycles. The standard InChI is InChI=1S/C22H17N3O6S/c26-22(25-5-7-27-8-6-25)18-20(28-11-23-18)17-19(31-21(24-17)16-2-1-9-32-16)13-3-4-14-15(10-13)30-12-29-14/h1-4,9-11H,5-8,12H2. The van der Waals surface area contributed by atoms with E-state index in [1.54, 1.807) is 4.90 Å². The lowest BCUT2D eigenvalue weighted by Crippen LogP contribution is -2.41. The number of benzene rings is 1. The predicted octanol–water partition coefficient (Wildman–Crippen LogP) is 3.93. The minimum atomic E-state index is -0.227. The molecule has 0 N–H and O–H groups in total. The van der Waals surface area contributed by atoms with Crippen molar-refractivity contribution in [3.63, 3.8) is 0 Å². The van der Waals surface area contributed by atoms with Crippen molar-refractivity contribution in [1.82, 2.24) is 14.9 Å². The van der Waals surface area contributed by atoms with Crippen LogP contribution >= 0.6 is 11.3 Å². The Bertz CT molecular complexity index is 1270. The number of rotatable bonds is 4. The molecule has 9 nitrogen and oxygen atoms in total. The van der Waals surface area contributed by atoms with Gasteiger partial charge in [-0.05, 0) is 29.6 Å². The van der Waals surface area contributed by atoms with Gasteiger partial charge in [0.25, 0.3) is 5.91 Å². The number of morpholine rings is 1. The Labute approximate surface area is 186 Å². The van der Waals surface area contributed by atoms with Crippen LogP contribution in [0.4, 0.5) is 0 Å². The Kier molecular flexibility index (Phi) is 4.66. The van der Waals surface area contributed by atoms with Crippen molar-refractivity contribution in [1.29, 1.82) is 0 Å². The molecule has 0 spiro atoms. The molecule has 10 heteroatoms. The van der Waals surface area contributed by atoms with E-state index in [9.17, 15) is 4.79 Å². The van der Waals surface area contributed by atoms with Crippen molar-refractivity contribution in [2.24, 2.45) is 0 Å². The van der Waals surface area contributed by atoms with Crippen LogP contribution in [0.25, 0.3) is 33.5 Å². The van der Waals surface area contributed by atoms with Crippen molar-refractivity contribution >= 4 is 17.2 Å². The number of oxazole rings is 2. The zero-order valence-corrected chi connectivity index (χ0v) is 17.6. The van der Waals surface area contributed by atoms with E-state index in [-0.39, 0.29) is 24.2 Å². The molecule has 0 aliphatic carbocycles. The highest BCUT2D eigenvalue weighted by Crippen LogP contribution is 2.42. The third kappa shape index (κ3) is 3.24. The fraction of sp³-hybridized carbons (Fsp3) is 0.227. The summed E-state index contributed by atoms with van der Waals surface area (Å²) >= 11 is 1.51. The van der Waals surface area contributed by atoms with Gasteiger partial charge >= 0.3 is 0 Å². The lowest BCUT2D eigenvalue weighted by molar-refractivity contribution is 0.0299. The predicted molar refractivity (Wildman–Crippen MR) is 114 cm³/mol. The number of nitrogens with zero attached hydrogens (tertiary/aromatic N) is 3. The fourth-order valence-corrected chi connectivity index (χ4v) is 4.34. The van der Waals surface area contributed by atoms with Gasteiger partial charge in [-0.1, -0.05) is 6.07 Å². The van der Waals surface area contributed by atoms with Crippen molar-refractivity contribution in [2.45, 2.75) is 0 Å². The van der Waals surface area contributed by atoms with Crippen molar-refractivity contribution in [3.8, 4) is 45.0 Å². The van der Waals surface area contributed by atoms with Gasteiger partial charge in [-0.2, -0.15) is 0 Å². The second-order valence-electron chi connectivity index (χ2n) is 7.18. The van der Waals surface area contributed by atoms with Gasteiger partial charge in [0.1, 0.15) is 0 Å². The van der Waals surface area contributed by atoms with E-state index in [2.05, 4.69) is 4.98 Å². The number of thiophene rings is 1. The maximum Gasteiger partial charge on any atom is 0.276 e. The molecule has 2 aliphatic heterocycles. The molecule has 0 bridgehead atoms. The normalized spacial score (nSPS) is 15.3. The topological polar surface area (TPSA) is 100 Å². The van der Waals surface area contributed by atoms with Crippen LogP contribution in [0.1, 0.15) is 10.5 Å². The van der Waals surface area contributed by atoms with Crippen LogP contribution in [0.5, 0.6) is 11.5 Å². The van der Waals surface area contributed by atoms with Crippen molar-refractivity contribution in [2.75, 3.05) is 33.1 Å². The number of carbonyl (C=O) groups excluding carboxylic acids is 1. The van der Waals surface area contributed by atoms with Crippen molar-refractivity contribution < 1.29 is 27.8 Å². The van der Waals surface area contributed by atoms with Crippen LogP contribution in [0.2, 0.25) is 0 Å². The number of hydrogen-bond donors (Lipinski definition) is 0. The Morgan fingerprint density at radius 3 is 2.78 bits per heavy atom. The number of fused-ring (bicyclic) bond motifs is 1. The quantitative estimate of drug-likeness (QED) is 0.460. The Balaban J connectivity index is 1.47. The van der Waals surface area contributed by atoms with Gasteiger partial charge in [0.2, 0.25) is 12.7 Å². The van der Waals surface area contributed by atoms with E-state index in [1.807, 2.05) is 35.7 Å². The average Bonchev–Trinajstić information content (AvgIpc) is 3.63. The van der Waals surface area contributed by atoms with Gasteiger partial charge in [0.05, 0.1) is 18.1 Å². The summed E-state index contributed by atoms with van der Waals surface area (Å²) in [5, 5.41) is 1.95. The molecule has 2 aliphatic rings. The van der Waals surface area contributed by atoms with Gasteiger partial charge in [0, 0.05) is 18.7 Å². The molecule has 1 saturated heterocycles. The summed E-state index contributed by atoms with van der Waals surface area (Å²) in [5.41, 5.74) is 1.32. The van der Waals surface area contributed by atoms with Gasteiger partial charge < -0.3 is 27.9 Å². The Morgan fingerprint density at radius 2 is 1.94 bits per heavy atom. The van der Waals surface area contributed by atoms with Crippen LogP contribution in [-0.4, -0.2) is 53.9 Å². The molecule has 1 fully saturated rings. The van der Waals surface area contributed by atoms with Gasteiger partial charge in [-0.3, -0.25) is 4.79 Å². The number of ether oxygens (including phenoxy) is 3. The highest BCUT2D eigenvalue weighted by Gasteiger charge is 2.30. The molecule has 0 unspecified atom stereocenters. The second kappa shape index (κ2) is 7.81. The molecular weight excluding hydrogens is 434 g/mol. The SMILES string of the molecule is O=C(c1ncoc1-c1nc(-c2cccs2)oc1-c1ccc2c(c1)OCO2)N1CCOCC1. The summed E-state index contributed by atoms with van der Waals surface area (Å²) in [4.78, 5) is 24.6. The largest absolute Gasteiger partial charge is 0.454 e. The first-order valence-electron chi connectivity index (χ1n) is 10.0. The van der Waals surface area contributed by atoms with E-state index in [0.717, 1.165) is 10.4 Å². The summed E-state index contributed by atoms with van der Waals surface area (Å²) in [6, 6.07) is 9.34. The number of aromatic nitrogens is 2. The molecule has 5 heterocycles. The average molecular weight is 451 g/mol. The zero-order chi connectivity index (χ0) is 21.5. The lowest BCUT2D eigenvalue weighted by atomic mass is 10.1. The maximum atomic E-state index is 13.1. The van der Waals surface area contributed by atoms with Gasteiger partial charge in [-0.25, -0.2) is 9.97 Å². The van der Waals surface area contributed by atoms with E-state index in [4.69, 9.17) is 28.0 Å². The summed E-state index contributed by atoms with van der Waals surface area (Å²) in [6.07, 6.45) is 1.26. The van der Waals surface area contributed by atoms with E-state index >= 15 is 0 Å². The lowest BCUT2D eigenvalue weighted by Gasteiger charge is -2.26. The third-order valence-electron chi connectivity index (χ3n) is 5.28. The van der Waals surface area contributed by atoms with Crippen LogP contribution < -0.4 is 9.47 Å². The summed E-state index contributed by atoms with van der Waals surface area (Å²) in [7, 11) is 0. The van der Waals surface area contributed by atoms with Crippen molar-refractivity contribution in [3.05, 3.63) is 47.8 Å². The van der Waals surface area contributed by atoms with Crippen LogP contribution in [0, 0.1) is 0 Å². The van der Waals surface area contributed by atoms with Crippen LogP contribution in [0.3, 0.4) is 0 Å². The first-order chi connectivity index (χ1) is 15.8. The first-order valence-corrected chi connectivity index (χ1v) is 10.9. The van der Waals surface area contributed by atoms with E-state index in [1.165, 1.54) is 17.7 Å². The Morgan fingerprint density at radius 1 is 1.06 bits per heavy atom. The summed E-state index contributed by atoms with van der Waals surface area (Å²) in [5.74, 6) is 2.21. The van der Waals surface area contributed by atoms with Gasteiger partial charge in [0.15, 0.2) is 40.8 Å². The highest BCUT2D eigenvalue weighted by atomic mass is 32.1. The number of hydrogen-bond acceptors (Lipinski definition) is 9. The minimum absolute atomic E-state index is 0.169. The first kappa shape index (κ1) is 19.1. The molecule has 0 atom stereocenters. The Hall–Kier alpha value is -3.63. The van der Waals surface area contributed by atoms with Crippen LogP contribution in [-0.2, 0) is 4.74 Å². The molecule has 1 amide bonds. The van der Waals surface area contributed by atoms with Crippen LogP contribution in [0.15, 0.2) is 50.9 Å². The maximum absolute atomic E-state index is 13.1. The molecule has 4 aromatic rings. The number of amides is 1. The molecule has 162 valence electrons. The smallest absolute Gasteiger partial charge is 0.276 e. The zero-order valence-electron chi connectivity index (χ0n) is 16.8. The minimum Gasteiger partial charge on any atom is -0.454 e. The summed E-state index contributed by atoms with van der Waals surface area (Å²) < 4.78 is 28.2. The number of carbonyl (C=O) groups is 1. The molecule has 32 heavy (non-hydrogen) atoms. The fourth-order valence-electron chi connectivity index (χ4n) is 3.70. The highest BCUT2D eigenvalue weighted by molar-refractivity contribution is 7.13. The molecule has 0 radical (unpaired) electrons. The second-order valence-corrected chi connectivity index (χ2v) is 8.12. The molecule has 1 aromatic carbocycles. The molecular formula is C22H17N3O6S.